The predicted molar refractivity (Wildman–Crippen MR) is 56.0 cm³/mol. The Morgan fingerprint density at radius 3 is 2.62 bits per heavy atom. The second kappa shape index (κ2) is 4.29. The second-order valence-corrected chi connectivity index (χ2v) is 4.26. The Balaban J connectivity index is 2.21. The first-order valence-electron chi connectivity index (χ1n) is 5.33. The quantitative estimate of drug-likeness (QED) is 0.784. The van der Waals surface area contributed by atoms with Gasteiger partial charge in [0.15, 0.2) is 5.78 Å². The van der Waals surface area contributed by atoms with Crippen LogP contribution in [0.4, 0.5) is 8.78 Å². The zero-order chi connectivity index (χ0) is 11.7. The maximum absolute atomic E-state index is 13.4. The molecule has 0 spiro atoms. The van der Waals surface area contributed by atoms with Crippen molar-refractivity contribution in [2.45, 2.75) is 25.3 Å². The zero-order valence-electron chi connectivity index (χ0n) is 8.75. The highest BCUT2D eigenvalue weighted by atomic mass is 19.1. The number of Topliss-reactive ketones (excluding diaryl/α,β-unsaturated/α-hetero) is 1. The summed E-state index contributed by atoms with van der Waals surface area (Å²) in [6.07, 6.45) is 2.08. The summed E-state index contributed by atoms with van der Waals surface area (Å²) in [5.41, 5.74) is 5.67. The summed E-state index contributed by atoms with van der Waals surface area (Å²) in [6, 6.07) is 3.07. The van der Waals surface area contributed by atoms with E-state index in [9.17, 15) is 13.6 Å². The number of carbonyl (C=O) groups is 1. The van der Waals surface area contributed by atoms with E-state index in [1.54, 1.807) is 0 Å². The van der Waals surface area contributed by atoms with E-state index in [-0.39, 0.29) is 23.3 Å². The summed E-state index contributed by atoms with van der Waals surface area (Å²) < 4.78 is 26.0. The van der Waals surface area contributed by atoms with E-state index in [0.29, 0.717) is 12.8 Å². The molecule has 0 amide bonds. The molecule has 0 saturated heterocycles. The first-order valence-corrected chi connectivity index (χ1v) is 5.33. The largest absolute Gasteiger partial charge is 0.328 e. The van der Waals surface area contributed by atoms with Gasteiger partial charge < -0.3 is 5.73 Å². The van der Waals surface area contributed by atoms with Gasteiger partial charge in [0.05, 0.1) is 5.56 Å². The van der Waals surface area contributed by atoms with E-state index < -0.39 is 11.6 Å². The predicted octanol–water partition coefficient (Wildman–Crippen LogP) is 2.27. The lowest BCUT2D eigenvalue weighted by molar-refractivity contribution is 0.0917. The molecule has 0 aliphatic heterocycles. The van der Waals surface area contributed by atoms with Crippen LogP contribution in [0.15, 0.2) is 18.2 Å². The number of halogens is 2. The first kappa shape index (κ1) is 11.2. The number of hydrogen-bond donors (Lipinski definition) is 1. The molecule has 1 fully saturated rings. The number of nitrogens with two attached hydrogens (primary N) is 1. The van der Waals surface area contributed by atoms with Crippen LogP contribution in [0.2, 0.25) is 0 Å². The smallest absolute Gasteiger partial charge is 0.168 e. The van der Waals surface area contributed by atoms with Gasteiger partial charge in [-0.3, -0.25) is 4.79 Å². The molecule has 0 aromatic heterocycles. The van der Waals surface area contributed by atoms with Crippen molar-refractivity contribution in [2.24, 2.45) is 11.7 Å². The molecule has 0 heterocycles. The minimum absolute atomic E-state index is 0.0254. The molecule has 86 valence electrons. The number of carbonyl (C=O) groups excluding carboxylic acids is 1. The molecule has 2 atom stereocenters. The van der Waals surface area contributed by atoms with Crippen molar-refractivity contribution in [1.82, 2.24) is 0 Å². The van der Waals surface area contributed by atoms with Gasteiger partial charge in [0.2, 0.25) is 0 Å². The van der Waals surface area contributed by atoms with Crippen molar-refractivity contribution in [1.29, 1.82) is 0 Å². The number of ketones is 1. The summed E-state index contributed by atoms with van der Waals surface area (Å²) in [4.78, 5) is 11.9. The molecule has 2 unspecified atom stereocenters. The zero-order valence-corrected chi connectivity index (χ0v) is 8.75. The molecule has 1 saturated carbocycles. The Kier molecular flexibility index (Phi) is 3.01. The average molecular weight is 225 g/mol. The third-order valence-corrected chi connectivity index (χ3v) is 3.04. The molecule has 2 nitrogen and oxygen atoms in total. The maximum Gasteiger partial charge on any atom is 0.168 e. The van der Waals surface area contributed by atoms with Gasteiger partial charge >= 0.3 is 0 Å². The van der Waals surface area contributed by atoms with Gasteiger partial charge in [0.25, 0.3) is 0 Å². The van der Waals surface area contributed by atoms with Crippen molar-refractivity contribution >= 4 is 5.78 Å². The fraction of sp³-hybridized carbons (Fsp3) is 0.417. The van der Waals surface area contributed by atoms with Crippen molar-refractivity contribution in [3.05, 3.63) is 35.4 Å². The summed E-state index contributed by atoms with van der Waals surface area (Å²) in [5.74, 6) is -1.93. The van der Waals surface area contributed by atoms with Crippen LogP contribution in [0.3, 0.4) is 0 Å². The van der Waals surface area contributed by atoms with Crippen LogP contribution in [0.25, 0.3) is 0 Å². The fourth-order valence-electron chi connectivity index (χ4n) is 2.16. The number of benzene rings is 1. The molecule has 1 aromatic rings. The van der Waals surface area contributed by atoms with Crippen LogP contribution < -0.4 is 5.73 Å². The summed E-state index contributed by atoms with van der Waals surface area (Å²) >= 11 is 0. The Morgan fingerprint density at radius 1 is 1.31 bits per heavy atom. The van der Waals surface area contributed by atoms with Gasteiger partial charge in [-0.1, -0.05) is 0 Å². The van der Waals surface area contributed by atoms with E-state index >= 15 is 0 Å². The van der Waals surface area contributed by atoms with Crippen LogP contribution >= 0.6 is 0 Å². The number of hydrogen-bond acceptors (Lipinski definition) is 2. The summed E-state index contributed by atoms with van der Waals surface area (Å²) in [6.45, 7) is 0. The minimum atomic E-state index is -0.787. The molecular formula is C12H13F2NO. The van der Waals surface area contributed by atoms with Gasteiger partial charge in [-0.15, -0.1) is 0 Å². The molecule has 2 N–H and O–H groups in total. The van der Waals surface area contributed by atoms with E-state index in [1.807, 2.05) is 0 Å². The van der Waals surface area contributed by atoms with Crippen LogP contribution in [-0.4, -0.2) is 11.8 Å². The molecule has 0 radical (unpaired) electrons. The van der Waals surface area contributed by atoms with Crippen LogP contribution in [-0.2, 0) is 0 Å². The Morgan fingerprint density at radius 2 is 2.06 bits per heavy atom. The topological polar surface area (TPSA) is 43.1 Å². The summed E-state index contributed by atoms with van der Waals surface area (Å²) in [5, 5.41) is 0. The average Bonchev–Trinajstić information content (AvgIpc) is 2.64. The Hall–Kier alpha value is -1.29. The minimum Gasteiger partial charge on any atom is -0.328 e. The standard InChI is InChI=1S/C12H13F2NO/c13-8-2-4-10(11(14)6-8)12(16)7-1-3-9(15)5-7/h2,4,6-7,9H,1,3,5,15H2. The van der Waals surface area contributed by atoms with Crippen LogP contribution in [0, 0.1) is 17.6 Å². The van der Waals surface area contributed by atoms with E-state index in [1.165, 1.54) is 6.07 Å². The van der Waals surface area contributed by atoms with Crippen molar-refractivity contribution in [2.75, 3.05) is 0 Å². The van der Waals surface area contributed by atoms with Crippen LogP contribution in [0.1, 0.15) is 29.6 Å². The molecule has 4 heteroatoms. The molecule has 2 rings (SSSR count). The van der Waals surface area contributed by atoms with Gasteiger partial charge in [-0.25, -0.2) is 8.78 Å². The lowest BCUT2D eigenvalue weighted by Gasteiger charge is -2.09. The SMILES string of the molecule is NC1CCC(C(=O)c2ccc(F)cc2F)C1. The van der Waals surface area contributed by atoms with E-state index in [2.05, 4.69) is 0 Å². The van der Waals surface area contributed by atoms with Gasteiger partial charge in [-0.05, 0) is 31.4 Å². The maximum atomic E-state index is 13.4. The normalized spacial score (nSPS) is 24.7. The lowest BCUT2D eigenvalue weighted by atomic mass is 9.96. The highest BCUT2D eigenvalue weighted by Gasteiger charge is 2.29. The molecule has 1 aliphatic carbocycles. The molecule has 16 heavy (non-hydrogen) atoms. The molecule has 1 aliphatic rings. The third-order valence-electron chi connectivity index (χ3n) is 3.04. The fourth-order valence-corrected chi connectivity index (χ4v) is 2.16. The van der Waals surface area contributed by atoms with E-state index in [4.69, 9.17) is 5.73 Å². The highest BCUT2D eigenvalue weighted by molar-refractivity contribution is 5.98. The second-order valence-electron chi connectivity index (χ2n) is 4.26. The third kappa shape index (κ3) is 2.11. The van der Waals surface area contributed by atoms with Gasteiger partial charge in [0.1, 0.15) is 11.6 Å². The molecule has 1 aromatic carbocycles. The highest BCUT2D eigenvalue weighted by Crippen LogP contribution is 2.28. The summed E-state index contributed by atoms with van der Waals surface area (Å²) in [7, 11) is 0. The van der Waals surface area contributed by atoms with Crippen molar-refractivity contribution < 1.29 is 13.6 Å². The lowest BCUT2D eigenvalue weighted by Crippen LogP contribution is -2.18. The van der Waals surface area contributed by atoms with Gasteiger partial charge in [0, 0.05) is 18.0 Å². The van der Waals surface area contributed by atoms with E-state index in [0.717, 1.165) is 18.6 Å². The monoisotopic (exact) mass is 225 g/mol. The number of rotatable bonds is 2. The van der Waals surface area contributed by atoms with Crippen molar-refractivity contribution in [3.63, 3.8) is 0 Å². The Labute approximate surface area is 92.4 Å². The van der Waals surface area contributed by atoms with Crippen molar-refractivity contribution in [3.8, 4) is 0 Å². The molecular weight excluding hydrogens is 212 g/mol. The van der Waals surface area contributed by atoms with Crippen LogP contribution in [0.5, 0.6) is 0 Å². The molecule has 0 bridgehead atoms. The Bertz CT molecular complexity index is 419. The first-order chi connectivity index (χ1) is 7.58. The van der Waals surface area contributed by atoms with Gasteiger partial charge in [-0.2, -0.15) is 0 Å².